The van der Waals surface area contributed by atoms with Gasteiger partial charge >= 0.3 is 11.9 Å². The minimum atomic E-state index is -0.423. The Bertz CT molecular complexity index is 1150. The highest BCUT2D eigenvalue weighted by Crippen LogP contribution is 2.32. The summed E-state index contributed by atoms with van der Waals surface area (Å²) in [5.74, 6) is -0.844. The molecule has 0 unspecified atom stereocenters. The standard InChI is InChI=1S/C34H46O10/c1-3-33(23-41-24-33)21-39-14-12-37-16-18-43-31(35)28-10-8-27(9-11-28)29-6-5-7-30(20-29)32(36)44-19-17-38-13-15-40-22-34(4-2)25-42-26-34/h5-11,20H,3-4,12-19,21-26H2,1-2H3. The Balaban J connectivity index is 1.08. The van der Waals surface area contributed by atoms with Gasteiger partial charge in [-0.3, -0.25) is 0 Å². The summed E-state index contributed by atoms with van der Waals surface area (Å²) in [7, 11) is 0. The largest absolute Gasteiger partial charge is 0.460 e. The molecule has 2 aromatic carbocycles. The fourth-order valence-corrected chi connectivity index (χ4v) is 4.76. The van der Waals surface area contributed by atoms with Gasteiger partial charge in [0.25, 0.3) is 0 Å². The number of esters is 2. The molecule has 0 N–H and O–H groups in total. The summed E-state index contributed by atoms with van der Waals surface area (Å²) < 4.78 is 43.7. The minimum absolute atomic E-state index is 0.154. The van der Waals surface area contributed by atoms with Gasteiger partial charge in [0.2, 0.25) is 0 Å². The van der Waals surface area contributed by atoms with Crippen LogP contribution in [-0.4, -0.2) is 104 Å². The van der Waals surface area contributed by atoms with E-state index < -0.39 is 11.9 Å². The van der Waals surface area contributed by atoms with Crippen LogP contribution in [0.2, 0.25) is 0 Å². The quantitative estimate of drug-likeness (QED) is 0.146. The fraction of sp³-hybridized carbons (Fsp3) is 0.588. The summed E-state index contributed by atoms with van der Waals surface area (Å²) in [5, 5.41) is 0. The molecule has 4 rings (SSSR count). The molecule has 2 saturated heterocycles. The number of carbonyl (C=O) groups is 2. The molecule has 0 radical (unpaired) electrons. The number of benzene rings is 2. The minimum Gasteiger partial charge on any atom is -0.460 e. The summed E-state index contributed by atoms with van der Waals surface area (Å²) in [6, 6.07) is 14.2. The molecule has 10 heteroatoms. The maximum atomic E-state index is 12.6. The van der Waals surface area contributed by atoms with Crippen molar-refractivity contribution < 1.29 is 47.5 Å². The average molecular weight is 615 g/mol. The summed E-state index contributed by atoms with van der Waals surface area (Å²) in [4.78, 5) is 25.0. The zero-order valence-electron chi connectivity index (χ0n) is 26.0. The number of carbonyl (C=O) groups excluding carboxylic acids is 2. The summed E-state index contributed by atoms with van der Waals surface area (Å²) in [5.41, 5.74) is 2.89. The second-order valence-corrected chi connectivity index (χ2v) is 11.5. The Morgan fingerprint density at radius 3 is 1.55 bits per heavy atom. The van der Waals surface area contributed by atoms with Gasteiger partial charge in [0.15, 0.2) is 0 Å². The molecule has 0 aliphatic carbocycles. The Morgan fingerprint density at radius 2 is 1.07 bits per heavy atom. The average Bonchev–Trinajstić information content (AvgIpc) is 3.02. The molecule has 0 spiro atoms. The summed E-state index contributed by atoms with van der Waals surface area (Å²) >= 11 is 0. The number of ether oxygens (including phenoxy) is 8. The molecular weight excluding hydrogens is 568 g/mol. The Morgan fingerprint density at radius 1 is 0.591 bits per heavy atom. The molecule has 2 heterocycles. The van der Waals surface area contributed by atoms with Crippen molar-refractivity contribution >= 4 is 11.9 Å². The monoisotopic (exact) mass is 614 g/mol. The van der Waals surface area contributed by atoms with E-state index in [0.717, 1.165) is 50.4 Å². The van der Waals surface area contributed by atoms with E-state index in [4.69, 9.17) is 37.9 Å². The van der Waals surface area contributed by atoms with Crippen LogP contribution >= 0.6 is 0 Å². The third kappa shape index (κ3) is 10.1. The van der Waals surface area contributed by atoms with E-state index >= 15 is 0 Å². The molecule has 0 bridgehead atoms. The first kappa shape index (κ1) is 34.0. The van der Waals surface area contributed by atoms with Crippen molar-refractivity contribution in [2.75, 3.05) is 92.5 Å². The van der Waals surface area contributed by atoms with Crippen LogP contribution in [0.4, 0.5) is 0 Å². The lowest BCUT2D eigenvalue weighted by Crippen LogP contribution is -2.45. The lowest BCUT2D eigenvalue weighted by atomic mass is 9.84. The van der Waals surface area contributed by atoms with E-state index in [1.165, 1.54) is 0 Å². The van der Waals surface area contributed by atoms with Crippen molar-refractivity contribution in [3.8, 4) is 11.1 Å². The van der Waals surface area contributed by atoms with Crippen LogP contribution in [0.5, 0.6) is 0 Å². The molecule has 2 aliphatic rings. The van der Waals surface area contributed by atoms with Crippen LogP contribution in [0.15, 0.2) is 48.5 Å². The third-order valence-corrected chi connectivity index (χ3v) is 8.17. The van der Waals surface area contributed by atoms with Crippen molar-refractivity contribution in [1.29, 1.82) is 0 Å². The molecule has 2 fully saturated rings. The highest BCUT2D eigenvalue weighted by atomic mass is 16.6. The maximum absolute atomic E-state index is 12.6. The second-order valence-electron chi connectivity index (χ2n) is 11.5. The van der Waals surface area contributed by atoms with E-state index in [0.29, 0.717) is 64.0 Å². The van der Waals surface area contributed by atoms with E-state index in [-0.39, 0.29) is 24.0 Å². The predicted molar refractivity (Wildman–Crippen MR) is 163 cm³/mol. The smallest absolute Gasteiger partial charge is 0.338 e. The Hall–Kier alpha value is -2.86. The SMILES string of the molecule is CCC1(COCCOCCOC(=O)c2ccc(-c3cccc(C(=O)OCCOCCOCC4(CC)COC4)c3)cc2)COC1. The van der Waals surface area contributed by atoms with Gasteiger partial charge in [0.1, 0.15) is 13.2 Å². The number of hydrogen-bond acceptors (Lipinski definition) is 10. The summed E-state index contributed by atoms with van der Waals surface area (Å²) in [6.45, 7) is 11.5. The van der Waals surface area contributed by atoms with Crippen LogP contribution < -0.4 is 0 Å². The predicted octanol–water partition coefficient (Wildman–Crippen LogP) is 4.59. The molecule has 0 aromatic heterocycles. The summed E-state index contributed by atoms with van der Waals surface area (Å²) in [6.07, 6.45) is 2.08. The highest BCUT2D eigenvalue weighted by molar-refractivity contribution is 5.92. The van der Waals surface area contributed by atoms with E-state index in [1.54, 1.807) is 30.3 Å². The van der Waals surface area contributed by atoms with E-state index in [9.17, 15) is 9.59 Å². The molecule has 0 atom stereocenters. The van der Waals surface area contributed by atoms with Gasteiger partial charge < -0.3 is 37.9 Å². The first-order chi connectivity index (χ1) is 21.5. The van der Waals surface area contributed by atoms with Crippen LogP contribution in [0.25, 0.3) is 11.1 Å². The van der Waals surface area contributed by atoms with Crippen molar-refractivity contribution in [1.82, 2.24) is 0 Å². The first-order valence-corrected chi connectivity index (χ1v) is 15.5. The van der Waals surface area contributed by atoms with Crippen LogP contribution in [0.1, 0.15) is 47.4 Å². The van der Waals surface area contributed by atoms with Crippen molar-refractivity contribution in [3.05, 3.63) is 59.7 Å². The second kappa shape index (κ2) is 17.6. The molecule has 0 amide bonds. The van der Waals surface area contributed by atoms with Gasteiger partial charge in [-0.1, -0.05) is 38.1 Å². The van der Waals surface area contributed by atoms with Crippen molar-refractivity contribution in [3.63, 3.8) is 0 Å². The third-order valence-electron chi connectivity index (χ3n) is 8.17. The topological polar surface area (TPSA) is 108 Å². The molecule has 44 heavy (non-hydrogen) atoms. The molecule has 2 aromatic rings. The zero-order chi connectivity index (χ0) is 31.1. The lowest BCUT2D eigenvalue weighted by Gasteiger charge is -2.40. The highest BCUT2D eigenvalue weighted by Gasteiger charge is 2.37. The van der Waals surface area contributed by atoms with Gasteiger partial charge in [-0.05, 0) is 48.2 Å². The zero-order valence-corrected chi connectivity index (χ0v) is 26.0. The molecular formula is C34H46O10. The molecule has 2 aliphatic heterocycles. The van der Waals surface area contributed by atoms with Crippen LogP contribution in [-0.2, 0) is 37.9 Å². The van der Waals surface area contributed by atoms with Gasteiger partial charge in [-0.15, -0.1) is 0 Å². The van der Waals surface area contributed by atoms with Gasteiger partial charge in [0.05, 0.1) is 90.4 Å². The lowest BCUT2D eigenvalue weighted by molar-refractivity contribution is -0.153. The van der Waals surface area contributed by atoms with Crippen molar-refractivity contribution in [2.45, 2.75) is 26.7 Å². The van der Waals surface area contributed by atoms with Crippen molar-refractivity contribution in [2.24, 2.45) is 10.8 Å². The number of hydrogen-bond donors (Lipinski definition) is 0. The Labute approximate surface area is 260 Å². The van der Waals surface area contributed by atoms with Crippen LogP contribution in [0.3, 0.4) is 0 Å². The van der Waals surface area contributed by atoms with Gasteiger partial charge in [-0.2, -0.15) is 0 Å². The molecule has 10 nitrogen and oxygen atoms in total. The Kier molecular flexibility index (Phi) is 13.6. The van der Waals surface area contributed by atoms with Crippen LogP contribution in [0, 0.1) is 10.8 Å². The number of rotatable bonds is 21. The fourth-order valence-electron chi connectivity index (χ4n) is 4.76. The maximum Gasteiger partial charge on any atom is 0.338 e. The van der Waals surface area contributed by atoms with E-state index in [1.807, 2.05) is 18.2 Å². The molecule has 242 valence electrons. The normalized spacial score (nSPS) is 16.5. The van der Waals surface area contributed by atoms with Gasteiger partial charge in [0, 0.05) is 10.8 Å². The molecule has 0 saturated carbocycles. The van der Waals surface area contributed by atoms with Gasteiger partial charge in [-0.25, -0.2) is 9.59 Å². The first-order valence-electron chi connectivity index (χ1n) is 15.5. The van der Waals surface area contributed by atoms with E-state index in [2.05, 4.69) is 13.8 Å².